The van der Waals surface area contributed by atoms with Crippen molar-refractivity contribution in [3.63, 3.8) is 0 Å². The summed E-state index contributed by atoms with van der Waals surface area (Å²) in [5, 5.41) is 2.78. The maximum atomic E-state index is 12.4. The number of rotatable bonds is 1. The smallest absolute Gasteiger partial charge is 0.257 e. The molecule has 0 saturated heterocycles. The predicted molar refractivity (Wildman–Crippen MR) is 57.0 cm³/mol. The molecule has 0 fully saturated rings. The lowest BCUT2D eigenvalue weighted by Crippen LogP contribution is -2.19. The van der Waals surface area contributed by atoms with Gasteiger partial charge in [-0.05, 0) is 23.3 Å². The van der Waals surface area contributed by atoms with Crippen LogP contribution in [0.5, 0.6) is 0 Å². The first-order valence-corrected chi connectivity index (χ1v) is 4.77. The molecule has 5 heteroatoms. The van der Waals surface area contributed by atoms with E-state index >= 15 is 0 Å². The summed E-state index contributed by atoms with van der Waals surface area (Å²) in [5.41, 5.74) is 1.68. The molecule has 0 saturated carbocycles. The van der Waals surface area contributed by atoms with Gasteiger partial charge in [-0.15, -0.1) is 12.4 Å². The van der Waals surface area contributed by atoms with Crippen molar-refractivity contribution in [1.82, 2.24) is 5.32 Å². The Morgan fingerprint density at radius 2 is 2.14 bits per heavy atom. The van der Waals surface area contributed by atoms with Crippen LogP contribution in [0.15, 0.2) is 22.7 Å². The van der Waals surface area contributed by atoms with Crippen molar-refractivity contribution in [2.24, 2.45) is 0 Å². The van der Waals surface area contributed by atoms with Crippen LogP contribution in [0.3, 0.4) is 0 Å². The summed E-state index contributed by atoms with van der Waals surface area (Å²) < 4.78 is 25.8. The Labute approximate surface area is 95.4 Å². The van der Waals surface area contributed by atoms with Crippen LogP contribution in [0.2, 0.25) is 0 Å². The number of nitrogens with one attached hydrogen (secondary N) is 1. The van der Waals surface area contributed by atoms with Gasteiger partial charge in [0.1, 0.15) is 0 Å². The molecule has 0 bridgehead atoms. The molecule has 14 heavy (non-hydrogen) atoms. The summed E-state index contributed by atoms with van der Waals surface area (Å²) in [4.78, 5) is 0. The van der Waals surface area contributed by atoms with Gasteiger partial charge in [-0.3, -0.25) is 0 Å². The minimum absolute atomic E-state index is 0. The number of fused-ring (bicyclic) bond motifs is 1. The Balaban J connectivity index is 0.000000980. The van der Waals surface area contributed by atoms with Crippen LogP contribution in [0.4, 0.5) is 8.78 Å². The fraction of sp³-hybridized carbons (Fsp3) is 0.333. The fourth-order valence-electron chi connectivity index (χ4n) is 1.59. The molecule has 0 radical (unpaired) electrons. The highest BCUT2D eigenvalue weighted by atomic mass is 79.9. The molecule has 1 unspecified atom stereocenters. The Kier molecular flexibility index (Phi) is 3.86. The van der Waals surface area contributed by atoms with Crippen molar-refractivity contribution >= 4 is 28.3 Å². The van der Waals surface area contributed by atoms with E-state index in [0.717, 1.165) is 15.6 Å². The van der Waals surface area contributed by atoms with Crippen LogP contribution >= 0.6 is 28.3 Å². The molecule has 0 amide bonds. The van der Waals surface area contributed by atoms with Crippen LogP contribution in [-0.2, 0) is 6.54 Å². The average Bonchev–Trinajstić information content (AvgIpc) is 2.46. The Hall–Kier alpha value is -0.190. The molecule has 1 aromatic carbocycles. The van der Waals surface area contributed by atoms with Gasteiger partial charge in [0.05, 0.1) is 6.04 Å². The van der Waals surface area contributed by atoms with Crippen molar-refractivity contribution < 1.29 is 8.78 Å². The quantitative estimate of drug-likeness (QED) is 0.834. The second-order valence-electron chi connectivity index (χ2n) is 3.04. The van der Waals surface area contributed by atoms with Gasteiger partial charge in [-0.1, -0.05) is 22.0 Å². The Morgan fingerprint density at radius 1 is 1.43 bits per heavy atom. The highest BCUT2D eigenvalue weighted by molar-refractivity contribution is 9.10. The lowest BCUT2D eigenvalue weighted by Gasteiger charge is -2.09. The molecule has 0 spiro atoms. The first-order chi connectivity index (χ1) is 6.18. The van der Waals surface area contributed by atoms with Gasteiger partial charge < -0.3 is 5.32 Å². The number of benzene rings is 1. The standard InChI is InChI=1S/C9H8BrF2N.ClH/c10-6-1-2-7-5(3-6)4-13-8(7)9(11)12;/h1-3,8-9,13H,4H2;1H. The van der Waals surface area contributed by atoms with E-state index in [1.807, 2.05) is 6.07 Å². The van der Waals surface area contributed by atoms with Crippen molar-refractivity contribution in [2.75, 3.05) is 0 Å². The molecule has 78 valence electrons. The average molecular weight is 285 g/mol. The van der Waals surface area contributed by atoms with E-state index in [-0.39, 0.29) is 12.4 Å². The third-order valence-electron chi connectivity index (χ3n) is 2.20. The first-order valence-electron chi connectivity index (χ1n) is 3.98. The van der Waals surface area contributed by atoms with E-state index in [9.17, 15) is 8.78 Å². The second-order valence-corrected chi connectivity index (χ2v) is 3.95. The molecule has 1 N–H and O–H groups in total. The highest BCUT2D eigenvalue weighted by Gasteiger charge is 2.29. The van der Waals surface area contributed by atoms with Crippen LogP contribution in [0, 0.1) is 0 Å². The van der Waals surface area contributed by atoms with E-state index in [2.05, 4.69) is 21.2 Å². The highest BCUT2D eigenvalue weighted by Crippen LogP contribution is 2.31. The van der Waals surface area contributed by atoms with Crippen molar-refractivity contribution in [3.8, 4) is 0 Å². The summed E-state index contributed by atoms with van der Waals surface area (Å²) in [6.07, 6.45) is -2.33. The van der Waals surface area contributed by atoms with E-state index < -0.39 is 12.5 Å². The molecule has 0 aromatic heterocycles. The van der Waals surface area contributed by atoms with Crippen molar-refractivity contribution in [3.05, 3.63) is 33.8 Å². The molecule has 1 atom stereocenters. The molecule has 1 nitrogen and oxygen atoms in total. The van der Waals surface area contributed by atoms with Gasteiger partial charge in [-0.25, -0.2) is 8.78 Å². The predicted octanol–water partition coefficient (Wildman–Crippen LogP) is 3.28. The Bertz CT molecular complexity index is 333. The summed E-state index contributed by atoms with van der Waals surface area (Å²) >= 11 is 3.31. The van der Waals surface area contributed by atoms with E-state index in [0.29, 0.717) is 6.54 Å². The number of hydrogen-bond acceptors (Lipinski definition) is 1. The zero-order valence-corrected chi connectivity index (χ0v) is 9.54. The van der Waals surface area contributed by atoms with Gasteiger partial charge in [0.25, 0.3) is 6.43 Å². The third-order valence-corrected chi connectivity index (χ3v) is 2.70. The summed E-state index contributed by atoms with van der Waals surface area (Å²) in [6, 6.07) is 4.63. The topological polar surface area (TPSA) is 12.0 Å². The summed E-state index contributed by atoms with van der Waals surface area (Å²) in [7, 11) is 0. The molecule has 1 aliphatic rings. The second kappa shape index (κ2) is 4.55. The van der Waals surface area contributed by atoms with Crippen LogP contribution < -0.4 is 5.32 Å². The molecule has 1 heterocycles. The van der Waals surface area contributed by atoms with E-state index in [1.54, 1.807) is 12.1 Å². The van der Waals surface area contributed by atoms with Gasteiger partial charge in [0, 0.05) is 11.0 Å². The zero-order chi connectivity index (χ0) is 9.42. The lowest BCUT2D eigenvalue weighted by molar-refractivity contribution is 0.103. The fourth-order valence-corrected chi connectivity index (χ4v) is 1.99. The maximum absolute atomic E-state index is 12.4. The lowest BCUT2D eigenvalue weighted by atomic mass is 10.1. The summed E-state index contributed by atoms with van der Waals surface area (Å²) in [5.74, 6) is 0. The molecular weight excluding hydrogens is 275 g/mol. The molecule has 0 aliphatic carbocycles. The van der Waals surface area contributed by atoms with Gasteiger partial charge >= 0.3 is 0 Å². The first kappa shape index (κ1) is 11.9. The SMILES string of the molecule is Cl.FC(F)C1NCc2cc(Br)ccc21. The number of halogens is 4. The van der Waals surface area contributed by atoms with E-state index in [1.165, 1.54) is 0 Å². The van der Waals surface area contributed by atoms with Gasteiger partial charge in [-0.2, -0.15) is 0 Å². The van der Waals surface area contributed by atoms with E-state index in [4.69, 9.17) is 0 Å². The van der Waals surface area contributed by atoms with Crippen molar-refractivity contribution in [1.29, 1.82) is 0 Å². The molecule has 1 aromatic rings. The monoisotopic (exact) mass is 283 g/mol. The van der Waals surface area contributed by atoms with Crippen LogP contribution in [0.1, 0.15) is 17.2 Å². The normalized spacial score (nSPS) is 19.3. The minimum Gasteiger partial charge on any atom is -0.301 e. The third kappa shape index (κ3) is 2.07. The van der Waals surface area contributed by atoms with Crippen LogP contribution in [0.25, 0.3) is 0 Å². The minimum atomic E-state index is -2.33. The summed E-state index contributed by atoms with van der Waals surface area (Å²) in [6.45, 7) is 0.532. The molecular formula is C9H9BrClF2N. The number of alkyl halides is 2. The van der Waals surface area contributed by atoms with Crippen LogP contribution in [-0.4, -0.2) is 6.43 Å². The Morgan fingerprint density at radius 3 is 2.79 bits per heavy atom. The van der Waals surface area contributed by atoms with Gasteiger partial charge in [0.2, 0.25) is 0 Å². The largest absolute Gasteiger partial charge is 0.301 e. The molecule has 1 aliphatic heterocycles. The van der Waals surface area contributed by atoms with Crippen molar-refractivity contribution in [2.45, 2.75) is 19.0 Å². The zero-order valence-electron chi connectivity index (χ0n) is 7.14. The van der Waals surface area contributed by atoms with Gasteiger partial charge in [0.15, 0.2) is 0 Å². The maximum Gasteiger partial charge on any atom is 0.257 e. The number of hydrogen-bond donors (Lipinski definition) is 1. The molecule has 2 rings (SSSR count).